The number of aromatic amines is 2. The average Bonchev–Trinajstić information content (AvgIpc) is 3.56. The molecule has 0 unspecified atom stereocenters. The summed E-state index contributed by atoms with van der Waals surface area (Å²) in [5, 5.41) is 8.65. The standard InChI is InChI=1S/C31H30FN7O/c1-38(2)10-11-40-23-14-19(12-21(32)15-23)24-6-5-7-27-25(24)16-29(34-27)31-30-28(36-37-31)9-8-26(35-30)20-13-22(39(3)4)18-33-17-20/h5-9,12-18,34H,10-11H2,1-4H3,(H,36,37). The van der Waals surface area contributed by atoms with Gasteiger partial charge in [0.15, 0.2) is 0 Å². The van der Waals surface area contributed by atoms with Gasteiger partial charge in [-0.3, -0.25) is 10.1 Å². The van der Waals surface area contributed by atoms with Crippen LogP contribution in [0.3, 0.4) is 0 Å². The molecular formula is C31H30FN7O. The van der Waals surface area contributed by atoms with Crippen LogP contribution in [0.2, 0.25) is 0 Å². The van der Waals surface area contributed by atoms with E-state index in [1.54, 1.807) is 0 Å². The molecule has 0 bridgehead atoms. The molecule has 0 aliphatic heterocycles. The number of fused-ring (bicyclic) bond motifs is 2. The SMILES string of the molecule is CN(C)CCOc1cc(F)cc(-c2cccc3[nH]c(-c4n[nH]c5ccc(-c6cncc(N(C)C)c6)nc45)cc23)c1. The molecule has 6 rings (SSSR count). The quantitative estimate of drug-likeness (QED) is 0.249. The topological polar surface area (TPSA) is 86.0 Å². The zero-order chi connectivity index (χ0) is 27.8. The van der Waals surface area contributed by atoms with Crippen molar-refractivity contribution in [3.63, 3.8) is 0 Å². The third-order valence-electron chi connectivity index (χ3n) is 6.85. The summed E-state index contributed by atoms with van der Waals surface area (Å²) in [7, 11) is 7.92. The second kappa shape index (κ2) is 10.4. The predicted molar refractivity (Wildman–Crippen MR) is 158 cm³/mol. The number of nitrogens with zero attached hydrogens (tertiary/aromatic N) is 5. The summed E-state index contributed by atoms with van der Waals surface area (Å²) in [6.45, 7) is 1.22. The number of rotatable bonds is 8. The van der Waals surface area contributed by atoms with Crippen LogP contribution in [0.15, 0.2) is 73.1 Å². The molecule has 8 nitrogen and oxygen atoms in total. The molecule has 0 aliphatic carbocycles. The van der Waals surface area contributed by atoms with E-state index in [1.165, 1.54) is 12.1 Å². The Kier molecular flexibility index (Phi) is 6.65. The smallest absolute Gasteiger partial charge is 0.135 e. The maximum Gasteiger partial charge on any atom is 0.135 e. The van der Waals surface area contributed by atoms with Crippen LogP contribution in [0.1, 0.15) is 0 Å². The van der Waals surface area contributed by atoms with Crippen LogP contribution >= 0.6 is 0 Å². The fourth-order valence-electron chi connectivity index (χ4n) is 4.74. The lowest BCUT2D eigenvalue weighted by atomic mass is 10.0. The molecule has 0 aliphatic rings. The van der Waals surface area contributed by atoms with Crippen molar-refractivity contribution in [1.29, 1.82) is 0 Å². The van der Waals surface area contributed by atoms with Crippen LogP contribution in [0.25, 0.3) is 55.7 Å². The van der Waals surface area contributed by atoms with Crippen LogP contribution in [0.4, 0.5) is 10.1 Å². The summed E-state index contributed by atoms with van der Waals surface area (Å²) in [6, 6.07) is 18.8. The number of hydrogen-bond acceptors (Lipinski definition) is 6. The molecule has 2 aromatic carbocycles. The van der Waals surface area contributed by atoms with Gasteiger partial charge in [0.2, 0.25) is 0 Å². The van der Waals surface area contributed by atoms with Gasteiger partial charge in [-0.15, -0.1) is 0 Å². The molecule has 4 heterocycles. The van der Waals surface area contributed by atoms with E-state index < -0.39 is 0 Å². The molecule has 0 saturated carbocycles. The number of likely N-dealkylation sites (N-methyl/N-ethyl adjacent to an activating group) is 1. The highest BCUT2D eigenvalue weighted by Crippen LogP contribution is 2.36. The number of anilines is 1. The van der Waals surface area contributed by atoms with E-state index in [0.29, 0.717) is 18.1 Å². The van der Waals surface area contributed by atoms with Gasteiger partial charge in [-0.25, -0.2) is 9.37 Å². The molecule has 4 aromatic heterocycles. The first-order valence-electron chi connectivity index (χ1n) is 13.0. The van der Waals surface area contributed by atoms with Gasteiger partial charge in [-0.1, -0.05) is 12.1 Å². The van der Waals surface area contributed by atoms with E-state index in [9.17, 15) is 4.39 Å². The van der Waals surface area contributed by atoms with E-state index in [1.807, 2.05) is 92.8 Å². The normalized spacial score (nSPS) is 11.6. The molecule has 6 aromatic rings. The second-order valence-corrected chi connectivity index (χ2v) is 10.3. The molecule has 202 valence electrons. The van der Waals surface area contributed by atoms with Gasteiger partial charge < -0.3 is 19.5 Å². The minimum atomic E-state index is -0.340. The Morgan fingerprint density at radius 3 is 2.60 bits per heavy atom. The number of nitrogens with one attached hydrogen (secondary N) is 2. The lowest BCUT2D eigenvalue weighted by molar-refractivity contribution is 0.260. The Morgan fingerprint density at radius 2 is 1.77 bits per heavy atom. The number of pyridine rings is 2. The molecule has 2 N–H and O–H groups in total. The lowest BCUT2D eigenvalue weighted by Crippen LogP contribution is -2.19. The monoisotopic (exact) mass is 535 g/mol. The molecule has 0 fully saturated rings. The third-order valence-corrected chi connectivity index (χ3v) is 6.85. The lowest BCUT2D eigenvalue weighted by Gasteiger charge is -2.12. The second-order valence-electron chi connectivity index (χ2n) is 10.3. The first-order valence-corrected chi connectivity index (χ1v) is 13.0. The molecule has 0 radical (unpaired) electrons. The van der Waals surface area contributed by atoms with Crippen LogP contribution in [-0.2, 0) is 0 Å². The maximum atomic E-state index is 14.6. The van der Waals surface area contributed by atoms with Gasteiger partial charge in [0.05, 0.1) is 28.8 Å². The summed E-state index contributed by atoms with van der Waals surface area (Å²) in [6.07, 6.45) is 3.64. The zero-order valence-electron chi connectivity index (χ0n) is 22.9. The highest BCUT2D eigenvalue weighted by molar-refractivity contribution is 6.00. The minimum Gasteiger partial charge on any atom is -0.492 e. The van der Waals surface area contributed by atoms with Gasteiger partial charge in [0, 0.05) is 49.4 Å². The van der Waals surface area contributed by atoms with Crippen LogP contribution in [0.5, 0.6) is 5.75 Å². The number of hydrogen-bond donors (Lipinski definition) is 2. The minimum absolute atomic E-state index is 0.340. The fraction of sp³-hybridized carbons (Fsp3) is 0.194. The van der Waals surface area contributed by atoms with E-state index in [0.717, 1.165) is 62.2 Å². The summed E-state index contributed by atoms with van der Waals surface area (Å²) in [4.78, 5) is 16.9. The fourth-order valence-corrected chi connectivity index (χ4v) is 4.74. The van der Waals surface area contributed by atoms with Crippen molar-refractivity contribution in [1.82, 2.24) is 30.0 Å². The molecular weight excluding hydrogens is 505 g/mol. The van der Waals surface area contributed by atoms with Gasteiger partial charge in [-0.05, 0) is 67.7 Å². The van der Waals surface area contributed by atoms with Gasteiger partial charge in [0.25, 0.3) is 0 Å². The van der Waals surface area contributed by atoms with Gasteiger partial charge in [-0.2, -0.15) is 5.10 Å². The average molecular weight is 536 g/mol. The van der Waals surface area contributed by atoms with Crippen LogP contribution in [0, 0.1) is 5.82 Å². The summed E-state index contributed by atoms with van der Waals surface area (Å²) in [5.74, 6) is 0.167. The van der Waals surface area contributed by atoms with Crippen molar-refractivity contribution in [3.8, 4) is 39.5 Å². The Bertz CT molecular complexity index is 1820. The molecule has 40 heavy (non-hydrogen) atoms. The summed E-state index contributed by atoms with van der Waals surface area (Å²) in [5.41, 5.74) is 8.41. The first-order chi connectivity index (χ1) is 19.4. The predicted octanol–water partition coefficient (Wildman–Crippen LogP) is 5.98. The molecule has 0 saturated heterocycles. The largest absolute Gasteiger partial charge is 0.492 e. The number of aromatic nitrogens is 5. The third kappa shape index (κ3) is 4.99. The van der Waals surface area contributed by atoms with Crippen molar-refractivity contribution in [3.05, 3.63) is 78.9 Å². The summed E-state index contributed by atoms with van der Waals surface area (Å²) >= 11 is 0. The zero-order valence-corrected chi connectivity index (χ0v) is 22.9. The van der Waals surface area contributed by atoms with Crippen molar-refractivity contribution in [2.45, 2.75) is 0 Å². The maximum absolute atomic E-state index is 14.6. The van der Waals surface area contributed by atoms with E-state index >= 15 is 0 Å². The van der Waals surface area contributed by atoms with E-state index in [4.69, 9.17) is 9.72 Å². The number of halogens is 1. The van der Waals surface area contributed by atoms with Crippen molar-refractivity contribution < 1.29 is 9.13 Å². The molecule has 0 spiro atoms. The van der Waals surface area contributed by atoms with Crippen molar-refractivity contribution in [2.24, 2.45) is 0 Å². The molecule has 0 amide bonds. The van der Waals surface area contributed by atoms with Gasteiger partial charge >= 0.3 is 0 Å². The van der Waals surface area contributed by atoms with Crippen molar-refractivity contribution >= 4 is 27.6 Å². The highest BCUT2D eigenvalue weighted by atomic mass is 19.1. The van der Waals surface area contributed by atoms with Gasteiger partial charge in [0.1, 0.15) is 29.4 Å². The number of H-pyrrole nitrogens is 2. The van der Waals surface area contributed by atoms with Crippen LogP contribution < -0.4 is 9.64 Å². The number of ether oxygens (including phenoxy) is 1. The Labute approximate surface area is 231 Å². The van der Waals surface area contributed by atoms with E-state index in [-0.39, 0.29) is 5.82 Å². The molecule has 0 atom stereocenters. The van der Waals surface area contributed by atoms with Crippen molar-refractivity contribution in [2.75, 3.05) is 46.2 Å². The summed E-state index contributed by atoms with van der Waals surface area (Å²) < 4.78 is 20.5. The highest BCUT2D eigenvalue weighted by Gasteiger charge is 2.16. The van der Waals surface area contributed by atoms with E-state index in [2.05, 4.69) is 26.2 Å². The Hall–Kier alpha value is -4.76. The van der Waals surface area contributed by atoms with Crippen LogP contribution in [-0.4, -0.2) is 71.4 Å². The first kappa shape index (κ1) is 25.5. The molecule has 9 heteroatoms. The Balaban J connectivity index is 1.39. The number of benzene rings is 2. The Morgan fingerprint density at radius 1 is 0.900 bits per heavy atom.